The molecule has 158 valence electrons. The Kier molecular flexibility index (Phi) is 5.97. The van der Waals surface area contributed by atoms with E-state index in [0.717, 1.165) is 37.2 Å². The highest BCUT2D eigenvalue weighted by atomic mass is 16.5. The van der Waals surface area contributed by atoms with E-state index in [9.17, 15) is 4.79 Å². The van der Waals surface area contributed by atoms with Crippen LogP contribution in [0.1, 0.15) is 18.4 Å². The summed E-state index contributed by atoms with van der Waals surface area (Å²) < 4.78 is 12.3. The Hall–Kier alpha value is -3.36. The second kappa shape index (κ2) is 8.98. The Morgan fingerprint density at radius 2 is 2.07 bits per heavy atom. The standard InChI is InChI=1S/C21H26N6O3/c1-29-17-6-5-15(12-18(17)30-2)9-10-22-21(28)16-4-3-11-26(13-16)20-8-7-19-24-23-14-27(19)25-20/h5-8,12,14,16H,3-4,9-11,13H2,1-2H3,(H,22,28)/t16-/m1/s1. The van der Waals surface area contributed by atoms with Crippen molar-refractivity contribution in [2.75, 3.05) is 38.8 Å². The zero-order valence-corrected chi connectivity index (χ0v) is 17.2. The first kappa shape index (κ1) is 19.9. The lowest BCUT2D eigenvalue weighted by Crippen LogP contribution is -2.43. The van der Waals surface area contributed by atoms with Crippen LogP contribution in [0, 0.1) is 5.92 Å². The van der Waals surface area contributed by atoms with E-state index in [1.54, 1.807) is 25.1 Å². The summed E-state index contributed by atoms with van der Waals surface area (Å²) >= 11 is 0. The first-order chi connectivity index (χ1) is 14.7. The van der Waals surface area contributed by atoms with E-state index in [4.69, 9.17) is 9.47 Å². The van der Waals surface area contributed by atoms with Crippen molar-refractivity contribution < 1.29 is 14.3 Å². The van der Waals surface area contributed by atoms with Crippen molar-refractivity contribution in [3.8, 4) is 11.5 Å². The van der Waals surface area contributed by atoms with Crippen molar-refractivity contribution >= 4 is 17.4 Å². The number of rotatable bonds is 7. The molecule has 4 rings (SSSR count). The molecule has 0 saturated carbocycles. The molecule has 9 nitrogen and oxygen atoms in total. The topological polar surface area (TPSA) is 93.9 Å². The fraction of sp³-hybridized carbons (Fsp3) is 0.429. The number of hydrogen-bond acceptors (Lipinski definition) is 7. The van der Waals surface area contributed by atoms with E-state index in [2.05, 4.69) is 25.5 Å². The minimum absolute atomic E-state index is 0.0532. The largest absolute Gasteiger partial charge is 0.493 e. The van der Waals surface area contributed by atoms with Crippen LogP contribution in [0.3, 0.4) is 0 Å². The second-order valence-electron chi connectivity index (χ2n) is 7.34. The van der Waals surface area contributed by atoms with Crippen molar-refractivity contribution in [2.45, 2.75) is 19.3 Å². The van der Waals surface area contributed by atoms with Gasteiger partial charge in [-0.05, 0) is 49.1 Å². The summed E-state index contributed by atoms with van der Waals surface area (Å²) in [6.07, 6.45) is 4.15. The van der Waals surface area contributed by atoms with Crippen LogP contribution < -0.4 is 19.7 Å². The van der Waals surface area contributed by atoms with Crippen LogP contribution in [0.25, 0.3) is 5.65 Å². The van der Waals surface area contributed by atoms with Crippen molar-refractivity contribution in [1.29, 1.82) is 0 Å². The molecule has 1 N–H and O–H groups in total. The molecular formula is C21H26N6O3. The number of amides is 1. The molecule has 0 spiro atoms. The molecule has 1 aromatic carbocycles. The fourth-order valence-corrected chi connectivity index (χ4v) is 3.80. The first-order valence-corrected chi connectivity index (χ1v) is 10.1. The van der Waals surface area contributed by atoms with Gasteiger partial charge in [0.2, 0.25) is 5.91 Å². The van der Waals surface area contributed by atoms with Crippen LogP contribution in [0.4, 0.5) is 5.82 Å². The van der Waals surface area contributed by atoms with Crippen LogP contribution in [0.5, 0.6) is 11.5 Å². The summed E-state index contributed by atoms with van der Waals surface area (Å²) in [4.78, 5) is 14.9. The molecule has 0 bridgehead atoms. The third-order valence-corrected chi connectivity index (χ3v) is 5.42. The molecule has 3 heterocycles. The molecule has 1 atom stereocenters. The van der Waals surface area contributed by atoms with Crippen LogP contribution in [-0.2, 0) is 11.2 Å². The number of fused-ring (bicyclic) bond motifs is 1. The van der Waals surface area contributed by atoms with E-state index >= 15 is 0 Å². The average molecular weight is 410 g/mol. The SMILES string of the molecule is COc1ccc(CCNC(=O)[C@@H]2CCCN(c3ccc4nncn4n3)C2)cc1OC. The fourth-order valence-electron chi connectivity index (χ4n) is 3.80. The third-order valence-electron chi connectivity index (χ3n) is 5.42. The summed E-state index contributed by atoms with van der Waals surface area (Å²) in [5, 5.41) is 15.5. The molecule has 0 unspecified atom stereocenters. The average Bonchev–Trinajstić information content (AvgIpc) is 3.27. The number of ether oxygens (including phenoxy) is 2. The number of piperidine rings is 1. The highest BCUT2D eigenvalue weighted by Crippen LogP contribution is 2.27. The molecule has 1 fully saturated rings. The van der Waals surface area contributed by atoms with E-state index in [-0.39, 0.29) is 11.8 Å². The summed E-state index contributed by atoms with van der Waals surface area (Å²) in [7, 11) is 3.24. The van der Waals surface area contributed by atoms with Gasteiger partial charge in [-0.1, -0.05) is 6.07 Å². The van der Waals surface area contributed by atoms with Gasteiger partial charge in [-0.3, -0.25) is 4.79 Å². The maximum atomic E-state index is 12.7. The van der Waals surface area contributed by atoms with Crippen LogP contribution in [0.2, 0.25) is 0 Å². The molecule has 1 aliphatic rings. The van der Waals surface area contributed by atoms with E-state index in [1.165, 1.54) is 0 Å². The maximum absolute atomic E-state index is 12.7. The molecule has 3 aromatic rings. The maximum Gasteiger partial charge on any atom is 0.224 e. The van der Waals surface area contributed by atoms with Crippen molar-refractivity contribution in [3.63, 3.8) is 0 Å². The number of methoxy groups -OCH3 is 2. The number of hydrogen-bond donors (Lipinski definition) is 1. The number of nitrogens with zero attached hydrogens (tertiary/aromatic N) is 5. The molecule has 1 aliphatic heterocycles. The third kappa shape index (κ3) is 4.29. The first-order valence-electron chi connectivity index (χ1n) is 10.1. The van der Waals surface area contributed by atoms with Gasteiger partial charge in [0.15, 0.2) is 17.1 Å². The van der Waals surface area contributed by atoms with Gasteiger partial charge >= 0.3 is 0 Å². The Morgan fingerprint density at radius 3 is 2.90 bits per heavy atom. The lowest BCUT2D eigenvalue weighted by Gasteiger charge is -2.32. The van der Waals surface area contributed by atoms with E-state index in [1.807, 2.05) is 30.3 Å². The van der Waals surface area contributed by atoms with Gasteiger partial charge in [0.25, 0.3) is 0 Å². The summed E-state index contributed by atoms with van der Waals surface area (Å²) in [5.74, 6) is 2.27. The van der Waals surface area contributed by atoms with Crippen molar-refractivity contribution in [1.82, 2.24) is 25.1 Å². The van der Waals surface area contributed by atoms with Crippen LogP contribution >= 0.6 is 0 Å². The number of carbonyl (C=O) groups excluding carboxylic acids is 1. The Labute approximate surface area is 175 Å². The smallest absolute Gasteiger partial charge is 0.224 e. The highest BCUT2D eigenvalue weighted by molar-refractivity contribution is 5.79. The Morgan fingerprint density at radius 1 is 1.20 bits per heavy atom. The van der Waals surface area contributed by atoms with Crippen LogP contribution in [0.15, 0.2) is 36.7 Å². The van der Waals surface area contributed by atoms with Gasteiger partial charge in [0.05, 0.1) is 20.1 Å². The number of carbonyl (C=O) groups is 1. The zero-order valence-electron chi connectivity index (χ0n) is 17.2. The van der Waals surface area contributed by atoms with E-state index in [0.29, 0.717) is 30.2 Å². The summed E-state index contributed by atoms with van der Waals surface area (Å²) in [6, 6.07) is 9.64. The lowest BCUT2D eigenvalue weighted by molar-refractivity contribution is -0.125. The minimum atomic E-state index is -0.0532. The molecule has 0 radical (unpaired) electrons. The molecule has 1 saturated heterocycles. The lowest BCUT2D eigenvalue weighted by atomic mass is 9.97. The van der Waals surface area contributed by atoms with Gasteiger partial charge < -0.3 is 19.7 Å². The molecule has 0 aliphatic carbocycles. The molecule has 2 aromatic heterocycles. The number of benzene rings is 1. The van der Waals surface area contributed by atoms with Crippen LogP contribution in [-0.4, -0.2) is 59.6 Å². The molecule has 30 heavy (non-hydrogen) atoms. The predicted octanol–water partition coefficient (Wildman–Crippen LogP) is 1.72. The monoisotopic (exact) mass is 410 g/mol. The summed E-state index contributed by atoms with van der Waals surface area (Å²) in [5.41, 5.74) is 1.80. The zero-order chi connectivity index (χ0) is 20.9. The van der Waals surface area contributed by atoms with Gasteiger partial charge in [-0.25, -0.2) is 0 Å². The Bertz CT molecular complexity index is 1020. The quantitative estimate of drug-likeness (QED) is 0.634. The van der Waals surface area contributed by atoms with Crippen molar-refractivity contribution in [3.05, 3.63) is 42.2 Å². The number of nitrogens with one attached hydrogen (secondary N) is 1. The van der Waals surface area contributed by atoms with Gasteiger partial charge in [0.1, 0.15) is 12.1 Å². The number of aromatic nitrogens is 4. The number of anilines is 1. The summed E-state index contributed by atoms with van der Waals surface area (Å²) in [6.45, 7) is 2.12. The van der Waals surface area contributed by atoms with Crippen molar-refractivity contribution in [2.24, 2.45) is 5.92 Å². The minimum Gasteiger partial charge on any atom is -0.493 e. The Balaban J connectivity index is 1.32. The van der Waals surface area contributed by atoms with E-state index < -0.39 is 0 Å². The molecular weight excluding hydrogens is 384 g/mol. The highest BCUT2D eigenvalue weighted by Gasteiger charge is 2.26. The molecule has 9 heteroatoms. The van der Waals surface area contributed by atoms with Gasteiger partial charge in [-0.2, -0.15) is 4.52 Å². The van der Waals surface area contributed by atoms with Gasteiger partial charge in [0, 0.05) is 19.6 Å². The molecule has 1 amide bonds. The normalized spacial score (nSPS) is 16.5. The van der Waals surface area contributed by atoms with Gasteiger partial charge in [-0.15, -0.1) is 15.3 Å². The predicted molar refractivity (Wildman–Crippen MR) is 112 cm³/mol. The second-order valence-corrected chi connectivity index (χ2v) is 7.34.